The molecule has 1 saturated heterocycles. The van der Waals surface area contributed by atoms with Crippen LogP contribution in [0.5, 0.6) is 0 Å². The van der Waals surface area contributed by atoms with Gasteiger partial charge in [-0.1, -0.05) is 32.1 Å². The molecule has 15 heavy (non-hydrogen) atoms. The maximum absolute atomic E-state index is 5.90. The van der Waals surface area contributed by atoms with Crippen molar-refractivity contribution in [2.24, 2.45) is 11.7 Å². The molecule has 88 valence electrons. The van der Waals surface area contributed by atoms with Crippen molar-refractivity contribution in [2.45, 2.75) is 57.4 Å². The Morgan fingerprint density at radius 1 is 1.07 bits per heavy atom. The van der Waals surface area contributed by atoms with Crippen molar-refractivity contribution in [3.05, 3.63) is 0 Å². The topological polar surface area (TPSA) is 29.3 Å². The lowest BCUT2D eigenvalue weighted by Crippen LogP contribution is -2.27. The number of hydrogen-bond donors (Lipinski definition) is 1. The molecule has 1 aliphatic heterocycles. The van der Waals surface area contributed by atoms with E-state index in [-0.39, 0.29) is 0 Å². The predicted molar refractivity (Wildman–Crippen MR) is 64.8 cm³/mol. The predicted octanol–water partition coefficient (Wildman–Crippen LogP) is 2.38. The monoisotopic (exact) mass is 210 g/mol. The smallest absolute Gasteiger partial charge is 0.0180 e. The summed E-state index contributed by atoms with van der Waals surface area (Å²) in [4.78, 5) is 2.55. The number of nitrogens with zero attached hydrogens (tertiary/aromatic N) is 1. The molecule has 0 amide bonds. The molecule has 2 heteroatoms. The van der Waals surface area contributed by atoms with Crippen molar-refractivity contribution < 1.29 is 0 Å². The van der Waals surface area contributed by atoms with Gasteiger partial charge in [-0.25, -0.2) is 0 Å². The van der Waals surface area contributed by atoms with Gasteiger partial charge in [-0.05, 0) is 38.3 Å². The summed E-state index contributed by atoms with van der Waals surface area (Å²) in [5.41, 5.74) is 5.90. The molecule has 0 aromatic rings. The zero-order chi connectivity index (χ0) is 10.5. The van der Waals surface area contributed by atoms with Gasteiger partial charge in [0.2, 0.25) is 0 Å². The van der Waals surface area contributed by atoms with E-state index in [0.29, 0.717) is 6.04 Å². The summed E-state index contributed by atoms with van der Waals surface area (Å²) in [6.07, 6.45) is 11.5. The van der Waals surface area contributed by atoms with Crippen molar-refractivity contribution in [1.82, 2.24) is 4.90 Å². The van der Waals surface area contributed by atoms with Gasteiger partial charge >= 0.3 is 0 Å². The van der Waals surface area contributed by atoms with Crippen LogP contribution in [-0.4, -0.2) is 30.6 Å². The molecule has 2 rings (SSSR count). The molecule has 0 aromatic heterocycles. The van der Waals surface area contributed by atoms with E-state index in [0.717, 1.165) is 12.5 Å². The standard InChI is InChI=1S/C13H26N2/c14-13-8-10-15(11-13)9-4-7-12-5-2-1-3-6-12/h12-13H,1-11,14H2/t13-/m1/s1. The van der Waals surface area contributed by atoms with E-state index in [4.69, 9.17) is 5.73 Å². The summed E-state index contributed by atoms with van der Waals surface area (Å²) in [6, 6.07) is 0.458. The zero-order valence-corrected chi connectivity index (χ0v) is 9.96. The summed E-state index contributed by atoms with van der Waals surface area (Å²) in [7, 11) is 0. The lowest BCUT2D eigenvalue weighted by atomic mass is 9.86. The number of nitrogens with two attached hydrogens (primary N) is 1. The largest absolute Gasteiger partial charge is 0.326 e. The van der Waals surface area contributed by atoms with Crippen LogP contribution in [0, 0.1) is 5.92 Å². The highest BCUT2D eigenvalue weighted by Gasteiger charge is 2.19. The SMILES string of the molecule is N[C@@H]1CCN(CCCC2CCCCC2)C1. The maximum Gasteiger partial charge on any atom is 0.0180 e. The first-order valence-corrected chi connectivity index (χ1v) is 6.82. The number of likely N-dealkylation sites (tertiary alicyclic amines) is 1. The van der Waals surface area contributed by atoms with Crippen LogP contribution in [-0.2, 0) is 0 Å². The molecule has 1 saturated carbocycles. The van der Waals surface area contributed by atoms with Crippen LogP contribution in [0.1, 0.15) is 51.4 Å². The van der Waals surface area contributed by atoms with Crippen molar-refractivity contribution in [3.63, 3.8) is 0 Å². The maximum atomic E-state index is 5.90. The molecule has 2 nitrogen and oxygen atoms in total. The second kappa shape index (κ2) is 5.86. The van der Waals surface area contributed by atoms with Crippen LogP contribution in [0.15, 0.2) is 0 Å². The highest BCUT2D eigenvalue weighted by atomic mass is 15.2. The van der Waals surface area contributed by atoms with Crippen LogP contribution < -0.4 is 5.73 Å². The van der Waals surface area contributed by atoms with Crippen molar-refractivity contribution in [1.29, 1.82) is 0 Å². The molecule has 0 radical (unpaired) electrons. The third kappa shape index (κ3) is 3.76. The molecule has 2 N–H and O–H groups in total. The second-order valence-electron chi connectivity index (χ2n) is 5.50. The fourth-order valence-corrected chi connectivity index (χ4v) is 3.15. The van der Waals surface area contributed by atoms with Gasteiger partial charge < -0.3 is 10.6 Å². The Morgan fingerprint density at radius 2 is 1.87 bits per heavy atom. The van der Waals surface area contributed by atoms with E-state index in [2.05, 4.69) is 4.90 Å². The van der Waals surface area contributed by atoms with Crippen LogP contribution in [0.3, 0.4) is 0 Å². The fraction of sp³-hybridized carbons (Fsp3) is 1.00. The number of hydrogen-bond acceptors (Lipinski definition) is 2. The van der Waals surface area contributed by atoms with Gasteiger partial charge in [0.05, 0.1) is 0 Å². The highest BCUT2D eigenvalue weighted by Crippen LogP contribution is 2.27. The van der Waals surface area contributed by atoms with Crippen LogP contribution >= 0.6 is 0 Å². The molecule has 1 atom stereocenters. The van der Waals surface area contributed by atoms with Crippen molar-refractivity contribution >= 4 is 0 Å². The Bertz CT molecular complexity index is 171. The first kappa shape index (κ1) is 11.4. The van der Waals surface area contributed by atoms with Gasteiger partial charge in [0.25, 0.3) is 0 Å². The quantitative estimate of drug-likeness (QED) is 0.772. The molecule has 1 heterocycles. The Morgan fingerprint density at radius 3 is 2.53 bits per heavy atom. The Labute approximate surface area is 94.2 Å². The van der Waals surface area contributed by atoms with E-state index in [9.17, 15) is 0 Å². The summed E-state index contributed by atoms with van der Waals surface area (Å²) in [5, 5.41) is 0. The van der Waals surface area contributed by atoms with Gasteiger partial charge in [0, 0.05) is 12.6 Å². The Balaban J connectivity index is 1.54. The summed E-state index contributed by atoms with van der Waals surface area (Å²) >= 11 is 0. The average molecular weight is 210 g/mol. The van der Waals surface area contributed by atoms with E-state index >= 15 is 0 Å². The lowest BCUT2D eigenvalue weighted by Gasteiger charge is -2.22. The minimum Gasteiger partial charge on any atom is -0.326 e. The van der Waals surface area contributed by atoms with E-state index in [1.165, 1.54) is 64.5 Å². The third-order valence-corrected chi connectivity index (χ3v) is 4.12. The van der Waals surface area contributed by atoms with Crippen molar-refractivity contribution in [2.75, 3.05) is 19.6 Å². The van der Waals surface area contributed by atoms with Crippen molar-refractivity contribution in [3.8, 4) is 0 Å². The van der Waals surface area contributed by atoms with E-state index in [1.807, 2.05) is 0 Å². The van der Waals surface area contributed by atoms with Gasteiger partial charge in [-0.15, -0.1) is 0 Å². The van der Waals surface area contributed by atoms with E-state index < -0.39 is 0 Å². The highest BCUT2D eigenvalue weighted by molar-refractivity contribution is 4.77. The first-order valence-electron chi connectivity index (χ1n) is 6.82. The molecule has 0 spiro atoms. The second-order valence-corrected chi connectivity index (χ2v) is 5.50. The van der Waals surface area contributed by atoms with Gasteiger partial charge in [0.15, 0.2) is 0 Å². The van der Waals surface area contributed by atoms with Gasteiger partial charge in [-0.2, -0.15) is 0 Å². The summed E-state index contributed by atoms with van der Waals surface area (Å²) in [5.74, 6) is 1.05. The van der Waals surface area contributed by atoms with Gasteiger partial charge in [-0.3, -0.25) is 0 Å². The molecule has 0 bridgehead atoms. The molecule has 0 aromatic carbocycles. The Hall–Kier alpha value is -0.0800. The van der Waals surface area contributed by atoms with Crippen LogP contribution in [0.25, 0.3) is 0 Å². The Kier molecular flexibility index (Phi) is 4.45. The molecule has 2 fully saturated rings. The molecule has 2 aliphatic rings. The van der Waals surface area contributed by atoms with Crippen LogP contribution in [0.4, 0.5) is 0 Å². The van der Waals surface area contributed by atoms with Gasteiger partial charge in [0.1, 0.15) is 0 Å². The molecule has 1 aliphatic carbocycles. The molecule has 0 unspecified atom stereocenters. The van der Waals surface area contributed by atoms with Crippen LogP contribution in [0.2, 0.25) is 0 Å². The normalized spacial score (nSPS) is 29.8. The lowest BCUT2D eigenvalue weighted by molar-refractivity contribution is 0.284. The third-order valence-electron chi connectivity index (χ3n) is 4.12. The number of rotatable bonds is 4. The zero-order valence-electron chi connectivity index (χ0n) is 9.96. The fourth-order valence-electron chi connectivity index (χ4n) is 3.15. The average Bonchev–Trinajstić information content (AvgIpc) is 2.66. The first-order chi connectivity index (χ1) is 7.34. The minimum absolute atomic E-state index is 0.458. The minimum atomic E-state index is 0.458. The van der Waals surface area contributed by atoms with E-state index in [1.54, 1.807) is 0 Å². The summed E-state index contributed by atoms with van der Waals surface area (Å²) in [6.45, 7) is 3.68. The molecular weight excluding hydrogens is 184 g/mol. The molecular formula is C13H26N2. The summed E-state index contributed by atoms with van der Waals surface area (Å²) < 4.78 is 0.